The second-order valence-corrected chi connectivity index (χ2v) is 5.06. The number of nitrogens with two attached hydrogens (primary N) is 1. The third kappa shape index (κ3) is 5.90. The second kappa shape index (κ2) is 11.4. The molecule has 1 aliphatic carbocycles. The Bertz CT molecular complexity index is 332. The Morgan fingerprint density at radius 2 is 1.62 bits per heavy atom. The van der Waals surface area contributed by atoms with Gasteiger partial charge in [-0.15, -0.1) is 6.58 Å². The minimum atomic E-state index is -0.668. The first kappa shape index (κ1) is 22.0. The van der Waals surface area contributed by atoms with Crippen molar-refractivity contribution in [2.75, 3.05) is 7.05 Å². The molecule has 3 N–H and O–H groups in total. The molecule has 2 amide bonds. The molecule has 4 heteroatoms. The summed E-state index contributed by atoms with van der Waals surface area (Å²) < 4.78 is 0. The molecule has 21 heavy (non-hydrogen) atoms. The van der Waals surface area contributed by atoms with E-state index in [1.807, 2.05) is 34.6 Å². The van der Waals surface area contributed by atoms with E-state index < -0.39 is 5.41 Å². The van der Waals surface area contributed by atoms with Crippen molar-refractivity contribution in [2.24, 2.45) is 17.1 Å². The number of nitrogens with one attached hydrogen (secondary N) is 1. The fraction of sp³-hybridized carbons (Fsp3) is 0.765. The van der Waals surface area contributed by atoms with Gasteiger partial charge in [0.25, 0.3) is 0 Å². The molecule has 0 spiro atoms. The number of carbonyl (C=O) groups excluding carboxylic acids is 2. The second-order valence-electron chi connectivity index (χ2n) is 5.06. The Labute approximate surface area is 130 Å². The van der Waals surface area contributed by atoms with Crippen LogP contribution in [0.5, 0.6) is 0 Å². The van der Waals surface area contributed by atoms with Gasteiger partial charge >= 0.3 is 0 Å². The molecule has 1 unspecified atom stereocenters. The molecule has 1 atom stereocenters. The summed E-state index contributed by atoms with van der Waals surface area (Å²) >= 11 is 0. The van der Waals surface area contributed by atoms with Crippen LogP contribution in [0.3, 0.4) is 0 Å². The predicted octanol–water partition coefficient (Wildman–Crippen LogP) is 3.41. The highest BCUT2D eigenvalue weighted by molar-refractivity contribution is 5.90. The Hall–Kier alpha value is -1.32. The largest absolute Gasteiger partial charge is 0.369 e. The van der Waals surface area contributed by atoms with Gasteiger partial charge in [0.2, 0.25) is 11.8 Å². The van der Waals surface area contributed by atoms with E-state index in [9.17, 15) is 9.59 Å². The lowest BCUT2D eigenvalue weighted by Crippen LogP contribution is -2.47. The van der Waals surface area contributed by atoms with Crippen molar-refractivity contribution in [3.63, 3.8) is 0 Å². The van der Waals surface area contributed by atoms with Crippen LogP contribution in [0.15, 0.2) is 12.2 Å². The van der Waals surface area contributed by atoms with Crippen LogP contribution in [0, 0.1) is 11.3 Å². The lowest BCUT2D eigenvalue weighted by Gasteiger charge is -2.33. The molecule has 0 aliphatic heterocycles. The zero-order valence-corrected chi connectivity index (χ0v) is 14.7. The van der Waals surface area contributed by atoms with Crippen LogP contribution in [-0.4, -0.2) is 18.9 Å². The van der Waals surface area contributed by atoms with E-state index in [-0.39, 0.29) is 17.7 Å². The van der Waals surface area contributed by atoms with E-state index in [0.29, 0.717) is 19.3 Å². The highest BCUT2D eigenvalue weighted by Gasteiger charge is 2.48. The summed E-state index contributed by atoms with van der Waals surface area (Å²) in [5, 5.41) is 2.64. The summed E-state index contributed by atoms with van der Waals surface area (Å²) in [6.45, 7) is 13.7. The van der Waals surface area contributed by atoms with Gasteiger partial charge in [0.05, 0.1) is 11.3 Å². The standard InChI is InChI=1S/C13H22N2O2.2C2H6/c1-9(2)8-10(11(16)15-3)13(12(14)17)6-4-5-7-13;2*1-2/h10H,1,4-8H2,2-3H3,(H2,14,17)(H,15,16);2*1-2H3. The van der Waals surface area contributed by atoms with Crippen LogP contribution in [-0.2, 0) is 9.59 Å². The molecule has 0 bridgehead atoms. The van der Waals surface area contributed by atoms with E-state index in [2.05, 4.69) is 11.9 Å². The molecule has 124 valence electrons. The summed E-state index contributed by atoms with van der Waals surface area (Å²) in [4.78, 5) is 23.8. The summed E-state index contributed by atoms with van der Waals surface area (Å²) in [6.07, 6.45) is 3.89. The van der Waals surface area contributed by atoms with Crippen molar-refractivity contribution < 1.29 is 9.59 Å². The van der Waals surface area contributed by atoms with Crippen molar-refractivity contribution in [3.8, 4) is 0 Å². The summed E-state index contributed by atoms with van der Waals surface area (Å²) in [5.41, 5.74) is 5.79. The number of hydrogen-bond donors (Lipinski definition) is 2. The topological polar surface area (TPSA) is 72.2 Å². The van der Waals surface area contributed by atoms with Gasteiger partial charge in [-0.3, -0.25) is 9.59 Å². The average Bonchev–Trinajstić information content (AvgIpc) is 2.98. The maximum atomic E-state index is 12.0. The minimum absolute atomic E-state index is 0.103. The van der Waals surface area contributed by atoms with Gasteiger partial charge in [0.1, 0.15) is 0 Å². The summed E-state index contributed by atoms with van der Waals surface area (Å²) in [6, 6.07) is 0. The fourth-order valence-corrected chi connectivity index (χ4v) is 2.83. The van der Waals surface area contributed by atoms with Crippen molar-refractivity contribution in [1.29, 1.82) is 0 Å². The molecule has 0 aromatic carbocycles. The maximum absolute atomic E-state index is 12.0. The first-order chi connectivity index (χ1) is 9.94. The zero-order chi connectivity index (χ0) is 17.1. The SMILES string of the molecule is C=C(C)CC(C(=O)NC)C1(C(N)=O)CCCC1.CC.CC. The number of rotatable bonds is 5. The van der Waals surface area contributed by atoms with Crippen LogP contribution >= 0.6 is 0 Å². The van der Waals surface area contributed by atoms with Gasteiger partial charge in [-0.05, 0) is 26.2 Å². The van der Waals surface area contributed by atoms with Gasteiger partial charge in [-0.25, -0.2) is 0 Å². The fourth-order valence-electron chi connectivity index (χ4n) is 2.83. The van der Waals surface area contributed by atoms with E-state index in [1.165, 1.54) is 0 Å². The summed E-state index contributed by atoms with van der Waals surface area (Å²) in [5.74, 6) is -0.816. The molecule has 0 heterocycles. The highest BCUT2D eigenvalue weighted by Crippen LogP contribution is 2.46. The Morgan fingerprint density at radius 3 is 1.90 bits per heavy atom. The molecule has 0 aromatic rings. The average molecular weight is 298 g/mol. The molecule has 1 aliphatic rings. The molecule has 1 rings (SSSR count). The Kier molecular flexibility index (Phi) is 11.9. The minimum Gasteiger partial charge on any atom is -0.369 e. The lowest BCUT2D eigenvalue weighted by atomic mass is 9.70. The van der Waals surface area contributed by atoms with Gasteiger partial charge in [0.15, 0.2) is 0 Å². The monoisotopic (exact) mass is 298 g/mol. The normalized spacial score (nSPS) is 16.5. The number of amides is 2. The maximum Gasteiger partial charge on any atom is 0.224 e. The van der Waals surface area contributed by atoms with E-state index in [4.69, 9.17) is 5.73 Å². The van der Waals surface area contributed by atoms with Crippen LogP contribution in [0.1, 0.15) is 66.7 Å². The lowest BCUT2D eigenvalue weighted by molar-refractivity contribution is -0.140. The van der Waals surface area contributed by atoms with Crippen molar-refractivity contribution >= 4 is 11.8 Å². The van der Waals surface area contributed by atoms with Gasteiger partial charge in [-0.1, -0.05) is 46.1 Å². The third-order valence-corrected chi connectivity index (χ3v) is 3.77. The number of primary amides is 1. The molecular weight excluding hydrogens is 264 g/mol. The van der Waals surface area contributed by atoms with Gasteiger partial charge in [0, 0.05) is 7.05 Å². The zero-order valence-electron chi connectivity index (χ0n) is 14.7. The molecule has 1 saturated carbocycles. The highest BCUT2D eigenvalue weighted by atomic mass is 16.2. The molecule has 0 aromatic heterocycles. The molecule has 0 radical (unpaired) electrons. The first-order valence-electron chi connectivity index (χ1n) is 8.10. The van der Waals surface area contributed by atoms with E-state index in [1.54, 1.807) is 7.05 Å². The molecule has 1 fully saturated rings. The molecule has 4 nitrogen and oxygen atoms in total. The molecule has 0 saturated heterocycles. The molecular formula is C17H34N2O2. The Balaban J connectivity index is 0. The first-order valence-corrected chi connectivity index (χ1v) is 8.10. The number of carbonyl (C=O) groups is 2. The van der Waals surface area contributed by atoms with Crippen LogP contribution in [0.2, 0.25) is 0 Å². The third-order valence-electron chi connectivity index (χ3n) is 3.77. The van der Waals surface area contributed by atoms with Crippen molar-refractivity contribution in [2.45, 2.75) is 66.7 Å². The number of allylic oxidation sites excluding steroid dienone is 1. The van der Waals surface area contributed by atoms with Crippen molar-refractivity contribution in [1.82, 2.24) is 5.32 Å². The van der Waals surface area contributed by atoms with E-state index in [0.717, 1.165) is 18.4 Å². The Morgan fingerprint density at radius 1 is 1.19 bits per heavy atom. The van der Waals surface area contributed by atoms with Crippen molar-refractivity contribution in [3.05, 3.63) is 12.2 Å². The number of hydrogen-bond acceptors (Lipinski definition) is 2. The smallest absolute Gasteiger partial charge is 0.224 e. The van der Waals surface area contributed by atoms with Crippen LogP contribution in [0.25, 0.3) is 0 Å². The van der Waals surface area contributed by atoms with Gasteiger partial charge in [-0.2, -0.15) is 0 Å². The van der Waals surface area contributed by atoms with Crippen LogP contribution < -0.4 is 11.1 Å². The predicted molar refractivity (Wildman–Crippen MR) is 89.8 cm³/mol. The van der Waals surface area contributed by atoms with Crippen LogP contribution in [0.4, 0.5) is 0 Å². The van der Waals surface area contributed by atoms with Gasteiger partial charge < -0.3 is 11.1 Å². The van der Waals surface area contributed by atoms with E-state index >= 15 is 0 Å². The summed E-state index contributed by atoms with van der Waals surface area (Å²) in [7, 11) is 1.59. The quantitative estimate of drug-likeness (QED) is 0.763.